The van der Waals surface area contributed by atoms with Crippen LogP contribution >= 0.6 is 11.6 Å². The Hall–Kier alpha value is -3.18. The van der Waals surface area contributed by atoms with E-state index in [1.54, 1.807) is 18.2 Å². The molecule has 0 aliphatic carbocycles. The van der Waals surface area contributed by atoms with Crippen molar-refractivity contribution < 1.29 is 13.6 Å². The van der Waals surface area contributed by atoms with Crippen molar-refractivity contribution in [1.29, 1.82) is 0 Å². The van der Waals surface area contributed by atoms with Crippen LogP contribution in [-0.4, -0.2) is 10.9 Å². The highest BCUT2D eigenvalue weighted by molar-refractivity contribution is 6.33. The molecule has 0 atom stereocenters. The van der Waals surface area contributed by atoms with Crippen molar-refractivity contribution in [3.63, 3.8) is 0 Å². The van der Waals surface area contributed by atoms with Crippen molar-refractivity contribution in [1.82, 2.24) is 4.98 Å². The number of nitrogens with one attached hydrogen (secondary N) is 1. The number of anilines is 1. The van der Waals surface area contributed by atoms with Gasteiger partial charge in [0.25, 0.3) is 5.91 Å². The van der Waals surface area contributed by atoms with E-state index in [9.17, 15) is 9.18 Å². The Morgan fingerprint density at radius 3 is 2.50 bits per heavy atom. The molecular weight excluding hydrogens is 379 g/mol. The van der Waals surface area contributed by atoms with Gasteiger partial charge in [-0.2, -0.15) is 0 Å². The fraction of sp³-hybridized carbons (Fsp3) is 0.0909. The van der Waals surface area contributed by atoms with Crippen LogP contribution in [0.3, 0.4) is 0 Å². The molecule has 1 amide bonds. The number of fused-ring (bicyclic) bond motifs is 1. The van der Waals surface area contributed by atoms with Crippen LogP contribution in [0.25, 0.3) is 22.6 Å². The second-order valence-corrected chi connectivity index (χ2v) is 7.06. The average Bonchev–Trinajstić information content (AvgIpc) is 3.03. The zero-order chi connectivity index (χ0) is 19.8. The first kappa shape index (κ1) is 18.2. The Morgan fingerprint density at radius 1 is 1.04 bits per heavy atom. The van der Waals surface area contributed by atoms with Crippen LogP contribution in [0, 0.1) is 19.7 Å². The number of aryl methyl sites for hydroxylation is 2. The van der Waals surface area contributed by atoms with Crippen molar-refractivity contribution in [2.75, 3.05) is 5.32 Å². The molecule has 0 radical (unpaired) electrons. The van der Waals surface area contributed by atoms with E-state index in [2.05, 4.69) is 10.3 Å². The molecule has 28 heavy (non-hydrogen) atoms. The Labute approximate surface area is 166 Å². The maximum absolute atomic E-state index is 13.3. The van der Waals surface area contributed by atoms with E-state index in [1.807, 2.05) is 32.0 Å². The summed E-state index contributed by atoms with van der Waals surface area (Å²) in [6, 6.07) is 14.9. The van der Waals surface area contributed by atoms with Crippen LogP contribution in [-0.2, 0) is 0 Å². The highest BCUT2D eigenvalue weighted by Crippen LogP contribution is 2.31. The van der Waals surface area contributed by atoms with Crippen molar-refractivity contribution in [3.05, 3.63) is 82.1 Å². The number of rotatable bonds is 3. The van der Waals surface area contributed by atoms with Gasteiger partial charge in [0.15, 0.2) is 5.58 Å². The minimum Gasteiger partial charge on any atom is -0.436 e. The molecule has 4 rings (SSSR count). The third-order valence-electron chi connectivity index (χ3n) is 4.29. The Morgan fingerprint density at radius 2 is 1.79 bits per heavy atom. The molecule has 0 fully saturated rings. The van der Waals surface area contributed by atoms with Crippen LogP contribution in [0.15, 0.2) is 59.0 Å². The van der Waals surface area contributed by atoms with Crippen molar-refractivity contribution in [2.45, 2.75) is 13.8 Å². The summed E-state index contributed by atoms with van der Waals surface area (Å²) in [7, 11) is 0. The minimum atomic E-state index is -0.429. The molecule has 4 nitrogen and oxygen atoms in total. The number of hydrogen-bond acceptors (Lipinski definition) is 3. The lowest BCUT2D eigenvalue weighted by molar-refractivity contribution is 0.102. The number of carbonyl (C=O) groups is 1. The molecule has 140 valence electrons. The number of carbonyl (C=O) groups excluding carboxylic acids is 1. The zero-order valence-corrected chi connectivity index (χ0v) is 16.0. The molecule has 0 saturated heterocycles. The Kier molecular flexibility index (Phi) is 4.61. The lowest BCUT2D eigenvalue weighted by atomic mass is 10.1. The molecule has 6 heteroatoms. The van der Waals surface area contributed by atoms with E-state index >= 15 is 0 Å². The van der Waals surface area contributed by atoms with Crippen molar-refractivity contribution in [2.24, 2.45) is 0 Å². The van der Waals surface area contributed by atoms with Crippen molar-refractivity contribution >= 4 is 34.3 Å². The van der Waals surface area contributed by atoms with E-state index in [-0.39, 0.29) is 16.8 Å². The molecule has 1 aromatic heterocycles. The predicted octanol–water partition coefficient (Wildman–Crippen LogP) is 6.16. The van der Waals surface area contributed by atoms with Gasteiger partial charge >= 0.3 is 0 Å². The maximum Gasteiger partial charge on any atom is 0.255 e. The molecule has 0 aliphatic rings. The quantitative estimate of drug-likeness (QED) is 0.453. The monoisotopic (exact) mass is 394 g/mol. The van der Waals surface area contributed by atoms with Gasteiger partial charge < -0.3 is 9.73 Å². The third-order valence-corrected chi connectivity index (χ3v) is 4.60. The number of nitrogens with zero attached hydrogens (tertiary/aromatic N) is 1. The van der Waals surface area contributed by atoms with E-state index in [1.165, 1.54) is 18.2 Å². The van der Waals surface area contributed by atoms with Crippen LogP contribution in [0.5, 0.6) is 0 Å². The second-order valence-electron chi connectivity index (χ2n) is 6.66. The van der Waals surface area contributed by atoms with Gasteiger partial charge in [0.1, 0.15) is 11.3 Å². The van der Waals surface area contributed by atoms with E-state index in [4.69, 9.17) is 16.0 Å². The first-order valence-electron chi connectivity index (χ1n) is 8.65. The molecular formula is C22H16ClFN2O2. The molecule has 0 bridgehead atoms. The molecule has 1 heterocycles. The van der Waals surface area contributed by atoms with Crippen molar-refractivity contribution in [3.8, 4) is 11.5 Å². The van der Waals surface area contributed by atoms with Gasteiger partial charge in [0.2, 0.25) is 5.89 Å². The molecule has 1 N–H and O–H groups in total. The fourth-order valence-corrected chi connectivity index (χ4v) is 3.34. The maximum atomic E-state index is 13.3. The first-order chi connectivity index (χ1) is 13.4. The molecule has 0 spiro atoms. The SMILES string of the molecule is Cc1cc(C)cc(C(=O)Nc2ccc3oc(-c4ccc(F)cc4Cl)nc3c2)c1. The summed E-state index contributed by atoms with van der Waals surface area (Å²) >= 11 is 6.09. The van der Waals surface area contributed by atoms with E-state index in [0.717, 1.165) is 11.1 Å². The van der Waals surface area contributed by atoms with E-state index in [0.29, 0.717) is 27.9 Å². The van der Waals surface area contributed by atoms with E-state index < -0.39 is 5.82 Å². The third kappa shape index (κ3) is 3.62. The number of halogens is 2. The normalized spacial score (nSPS) is 11.0. The van der Waals surface area contributed by atoms with Crippen LogP contribution in [0.2, 0.25) is 5.02 Å². The Balaban J connectivity index is 1.63. The molecule has 0 aliphatic heterocycles. The summed E-state index contributed by atoms with van der Waals surface area (Å²) < 4.78 is 19.0. The summed E-state index contributed by atoms with van der Waals surface area (Å²) in [5.41, 5.74) is 4.85. The number of amides is 1. The largest absolute Gasteiger partial charge is 0.436 e. The zero-order valence-electron chi connectivity index (χ0n) is 15.2. The predicted molar refractivity (Wildman–Crippen MR) is 108 cm³/mol. The lowest BCUT2D eigenvalue weighted by Gasteiger charge is -2.07. The summed E-state index contributed by atoms with van der Waals surface area (Å²) in [4.78, 5) is 17.0. The van der Waals surface area contributed by atoms with Crippen LogP contribution in [0.4, 0.5) is 10.1 Å². The van der Waals surface area contributed by atoms with Gasteiger partial charge in [-0.3, -0.25) is 4.79 Å². The molecule has 4 aromatic rings. The fourth-order valence-electron chi connectivity index (χ4n) is 3.09. The number of hydrogen-bond donors (Lipinski definition) is 1. The van der Waals surface area contributed by atoms with Gasteiger partial charge in [-0.05, 0) is 62.4 Å². The lowest BCUT2D eigenvalue weighted by Crippen LogP contribution is -2.12. The highest BCUT2D eigenvalue weighted by atomic mass is 35.5. The second kappa shape index (κ2) is 7.09. The molecule has 3 aromatic carbocycles. The average molecular weight is 395 g/mol. The minimum absolute atomic E-state index is 0.198. The number of aromatic nitrogens is 1. The number of benzene rings is 3. The van der Waals surface area contributed by atoms with Gasteiger partial charge in [-0.25, -0.2) is 9.37 Å². The summed E-state index contributed by atoms with van der Waals surface area (Å²) in [6.07, 6.45) is 0. The van der Waals surface area contributed by atoms with Crippen LogP contribution < -0.4 is 5.32 Å². The molecule has 0 saturated carbocycles. The summed E-state index contributed by atoms with van der Waals surface area (Å²) in [5, 5.41) is 3.09. The first-order valence-corrected chi connectivity index (χ1v) is 9.02. The number of oxazole rings is 1. The summed E-state index contributed by atoms with van der Waals surface area (Å²) in [6.45, 7) is 3.90. The topological polar surface area (TPSA) is 55.1 Å². The van der Waals surface area contributed by atoms with Gasteiger partial charge in [-0.1, -0.05) is 28.8 Å². The van der Waals surface area contributed by atoms with Gasteiger partial charge in [0.05, 0.1) is 10.6 Å². The standard InChI is InChI=1S/C22H16ClFN2O2/c1-12-7-13(2)9-14(8-12)21(27)25-16-4-6-20-19(11-16)26-22(28-20)17-5-3-15(24)10-18(17)23/h3-11H,1-2H3,(H,25,27). The summed E-state index contributed by atoms with van der Waals surface area (Å²) in [5.74, 6) is -0.338. The molecule has 0 unspecified atom stereocenters. The van der Waals surface area contributed by atoms with Gasteiger partial charge in [-0.15, -0.1) is 0 Å². The highest BCUT2D eigenvalue weighted by Gasteiger charge is 2.14. The Bertz CT molecular complexity index is 1200. The smallest absolute Gasteiger partial charge is 0.255 e. The van der Waals surface area contributed by atoms with Crippen LogP contribution in [0.1, 0.15) is 21.5 Å². The van der Waals surface area contributed by atoms with Gasteiger partial charge in [0, 0.05) is 11.3 Å².